The number of hydrogen-bond acceptors (Lipinski definition) is 3. The van der Waals surface area contributed by atoms with Gasteiger partial charge in [-0.2, -0.15) is 0 Å². The van der Waals surface area contributed by atoms with Gasteiger partial charge in [-0.3, -0.25) is 0 Å². The van der Waals surface area contributed by atoms with Crippen molar-refractivity contribution >= 4 is 5.97 Å². The van der Waals surface area contributed by atoms with E-state index >= 15 is 0 Å². The second kappa shape index (κ2) is 12.7. The second-order valence-corrected chi connectivity index (χ2v) is 11.8. The van der Waals surface area contributed by atoms with Gasteiger partial charge in [0.05, 0.1) is 11.0 Å². The summed E-state index contributed by atoms with van der Waals surface area (Å²) in [5.41, 5.74) is 6.13. The van der Waals surface area contributed by atoms with E-state index in [9.17, 15) is 4.79 Å². The van der Waals surface area contributed by atoms with Crippen LogP contribution in [0.15, 0.2) is 127 Å². The standard InChI is InChI=1S/C40H40O3/c1-6-26-39(4,5)43-37-25-23-35(28-30(37)3)40(32-18-12-8-13-19-32,33-20-14-9-15-21-33)34-22-24-36(29(2)27-34)42-38(41)31-16-10-7-11-17-31/h7-25,27-28H,6,26H2,1-5H3. The topological polar surface area (TPSA) is 35.5 Å². The summed E-state index contributed by atoms with van der Waals surface area (Å²) in [7, 11) is 0. The van der Waals surface area contributed by atoms with Crippen LogP contribution >= 0.6 is 0 Å². The summed E-state index contributed by atoms with van der Waals surface area (Å²) in [6, 6.07) is 43.0. The highest BCUT2D eigenvalue weighted by molar-refractivity contribution is 5.91. The zero-order chi connectivity index (χ0) is 30.5. The van der Waals surface area contributed by atoms with Gasteiger partial charge in [0.1, 0.15) is 17.1 Å². The third kappa shape index (κ3) is 6.27. The molecule has 0 aliphatic heterocycles. The Labute approximate surface area is 256 Å². The Morgan fingerprint density at radius 2 is 1.07 bits per heavy atom. The van der Waals surface area contributed by atoms with Crippen molar-refractivity contribution in [2.45, 2.75) is 58.5 Å². The van der Waals surface area contributed by atoms with Crippen LogP contribution in [0.25, 0.3) is 0 Å². The van der Waals surface area contributed by atoms with Crippen LogP contribution in [0.5, 0.6) is 11.5 Å². The molecule has 0 heterocycles. The zero-order valence-corrected chi connectivity index (χ0v) is 25.8. The number of carbonyl (C=O) groups excluding carboxylic acids is 1. The Kier molecular flexibility index (Phi) is 8.82. The summed E-state index contributed by atoms with van der Waals surface area (Å²) in [4.78, 5) is 12.9. The predicted molar refractivity (Wildman–Crippen MR) is 175 cm³/mol. The van der Waals surface area contributed by atoms with Crippen molar-refractivity contribution in [2.24, 2.45) is 0 Å². The summed E-state index contributed by atoms with van der Waals surface area (Å²) < 4.78 is 12.4. The fraction of sp³-hybridized carbons (Fsp3) is 0.225. The maximum Gasteiger partial charge on any atom is 0.343 e. The van der Waals surface area contributed by atoms with E-state index in [0.29, 0.717) is 11.3 Å². The van der Waals surface area contributed by atoms with Crippen LogP contribution in [-0.2, 0) is 5.41 Å². The summed E-state index contributed by atoms with van der Waals surface area (Å²) >= 11 is 0. The van der Waals surface area contributed by atoms with Gasteiger partial charge in [0, 0.05) is 0 Å². The molecule has 0 radical (unpaired) electrons. The molecule has 0 saturated heterocycles. The number of ether oxygens (including phenoxy) is 2. The van der Waals surface area contributed by atoms with Crippen LogP contribution in [-0.4, -0.2) is 11.6 Å². The highest BCUT2D eigenvalue weighted by atomic mass is 16.5. The maximum atomic E-state index is 12.9. The lowest BCUT2D eigenvalue weighted by molar-refractivity contribution is 0.0733. The van der Waals surface area contributed by atoms with Crippen LogP contribution in [0.1, 0.15) is 77.4 Å². The summed E-state index contributed by atoms with van der Waals surface area (Å²) in [5.74, 6) is 1.08. The van der Waals surface area contributed by atoms with Gasteiger partial charge in [0.25, 0.3) is 0 Å². The molecule has 0 aliphatic carbocycles. The molecule has 0 fully saturated rings. The normalized spacial score (nSPS) is 11.7. The van der Waals surface area contributed by atoms with Gasteiger partial charge in [-0.05, 0) is 91.8 Å². The number of hydrogen-bond donors (Lipinski definition) is 0. The van der Waals surface area contributed by atoms with E-state index in [4.69, 9.17) is 9.47 Å². The number of aryl methyl sites for hydroxylation is 2. The second-order valence-electron chi connectivity index (χ2n) is 11.8. The lowest BCUT2D eigenvalue weighted by atomic mass is 9.64. The molecule has 0 N–H and O–H groups in total. The molecule has 0 unspecified atom stereocenters. The average Bonchev–Trinajstić information content (AvgIpc) is 3.01. The van der Waals surface area contributed by atoms with Crippen LogP contribution in [0.3, 0.4) is 0 Å². The Bertz CT molecular complexity index is 1630. The molecule has 0 bridgehead atoms. The summed E-state index contributed by atoms with van der Waals surface area (Å²) in [6.45, 7) is 10.6. The molecular weight excluding hydrogens is 528 g/mol. The molecule has 5 rings (SSSR count). The largest absolute Gasteiger partial charge is 0.488 e. The van der Waals surface area contributed by atoms with Crippen molar-refractivity contribution in [3.8, 4) is 11.5 Å². The summed E-state index contributed by atoms with van der Waals surface area (Å²) in [6.07, 6.45) is 2.04. The first-order chi connectivity index (χ1) is 20.7. The predicted octanol–water partition coefficient (Wildman–Crippen LogP) is 9.86. The molecule has 0 spiro atoms. The lowest BCUT2D eigenvalue weighted by Crippen LogP contribution is -2.31. The van der Waals surface area contributed by atoms with Gasteiger partial charge in [-0.1, -0.05) is 116 Å². The van der Waals surface area contributed by atoms with Gasteiger partial charge in [0.15, 0.2) is 0 Å². The van der Waals surface area contributed by atoms with E-state index in [1.165, 1.54) is 0 Å². The highest BCUT2D eigenvalue weighted by Crippen LogP contribution is 2.47. The Morgan fingerprint density at radius 1 is 0.605 bits per heavy atom. The molecule has 0 aliphatic rings. The van der Waals surface area contributed by atoms with Gasteiger partial charge >= 0.3 is 5.97 Å². The molecule has 3 heteroatoms. The van der Waals surface area contributed by atoms with Crippen molar-refractivity contribution in [1.82, 2.24) is 0 Å². The minimum absolute atomic E-state index is 0.249. The zero-order valence-electron chi connectivity index (χ0n) is 25.8. The van der Waals surface area contributed by atoms with E-state index in [-0.39, 0.29) is 11.6 Å². The SMILES string of the molecule is CCCC(C)(C)Oc1ccc(C(c2ccccc2)(c2ccccc2)c2ccc(OC(=O)c3ccccc3)c(C)c2)cc1C. The monoisotopic (exact) mass is 568 g/mol. The van der Waals surface area contributed by atoms with E-state index in [1.807, 2.05) is 31.2 Å². The van der Waals surface area contributed by atoms with Crippen LogP contribution in [0.4, 0.5) is 0 Å². The van der Waals surface area contributed by atoms with Crippen molar-refractivity contribution < 1.29 is 14.3 Å². The molecule has 43 heavy (non-hydrogen) atoms. The van der Waals surface area contributed by atoms with Crippen LogP contribution in [0.2, 0.25) is 0 Å². The van der Waals surface area contributed by atoms with Gasteiger partial charge in [-0.15, -0.1) is 0 Å². The Morgan fingerprint density at radius 3 is 1.53 bits per heavy atom. The number of benzene rings is 5. The molecule has 0 aromatic heterocycles. The Balaban J connectivity index is 1.67. The average molecular weight is 569 g/mol. The van der Waals surface area contributed by atoms with Crippen LogP contribution in [0, 0.1) is 13.8 Å². The minimum Gasteiger partial charge on any atom is -0.488 e. The van der Waals surface area contributed by atoms with Gasteiger partial charge in [-0.25, -0.2) is 4.79 Å². The quantitative estimate of drug-likeness (QED) is 0.0955. The fourth-order valence-electron chi connectivity index (χ4n) is 6.05. The smallest absolute Gasteiger partial charge is 0.343 e. The lowest BCUT2D eigenvalue weighted by Gasteiger charge is -2.37. The fourth-order valence-corrected chi connectivity index (χ4v) is 6.05. The van der Waals surface area contributed by atoms with Gasteiger partial charge < -0.3 is 9.47 Å². The van der Waals surface area contributed by atoms with E-state index in [2.05, 4.69) is 119 Å². The molecular formula is C40H40O3. The first-order valence-corrected chi connectivity index (χ1v) is 15.0. The van der Waals surface area contributed by atoms with Crippen molar-refractivity contribution in [2.75, 3.05) is 0 Å². The number of rotatable bonds is 10. The van der Waals surface area contributed by atoms with E-state index in [0.717, 1.165) is 52.0 Å². The van der Waals surface area contributed by atoms with Crippen molar-refractivity contribution in [3.63, 3.8) is 0 Å². The molecule has 0 amide bonds. The molecule has 0 atom stereocenters. The minimum atomic E-state index is -0.628. The number of esters is 1. The van der Waals surface area contributed by atoms with Crippen LogP contribution < -0.4 is 9.47 Å². The van der Waals surface area contributed by atoms with Crippen molar-refractivity contribution in [3.05, 3.63) is 166 Å². The third-order valence-corrected chi connectivity index (χ3v) is 8.08. The van der Waals surface area contributed by atoms with Crippen molar-refractivity contribution in [1.29, 1.82) is 0 Å². The van der Waals surface area contributed by atoms with E-state index < -0.39 is 5.41 Å². The molecule has 5 aromatic carbocycles. The maximum absolute atomic E-state index is 12.9. The highest BCUT2D eigenvalue weighted by Gasteiger charge is 2.39. The first kappa shape index (κ1) is 29.8. The van der Waals surface area contributed by atoms with E-state index in [1.54, 1.807) is 12.1 Å². The first-order valence-electron chi connectivity index (χ1n) is 15.0. The molecule has 3 nitrogen and oxygen atoms in total. The molecule has 0 saturated carbocycles. The molecule has 5 aromatic rings. The Hall–Kier alpha value is -4.63. The summed E-state index contributed by atoms with van der Waals surface area (Å²) in [5, 5.41) is 0. The third-order valence-electron chi connectivity index (χ3n) is 8.08. The number of carbonyl (C=O) groups is 1. The van der Waals surface area contributed by atoms with Gasteiger partial charge in [0.2, 0.25) is 0 Å². The molecule has 218 valence electrons.